The van der Waals surface area contributed by atoms with Gasteiger partial charge in [0, 0.05) is 17.7 Å². The van der Waals surface area contributed by atoms with E-state index in [4.69, 9.17) is 9.84 Å². The number of aliphatic hydroxyl groups excluding tert-OH is 1. The Hall–Kier alpha value is -1.66. The fourth-order valence-corrected chi connectivity index (χ4v) is 2.09. The van der Waals surface area contributed by atoms with E-state index in [0.29, 0.717) is 5.56 Å². The summed E-state index contributed by atoms with van der Waals surface area (Å²) in [6, 6.07) is 0. The number of nitrogens with one attached hydrogen (secondary N) is 1. The van der Waals surface area contributed by atoms with Crippen molar-refractivity contribution in [3.8, 4) is 0 Å². The van der Waals surface area contributed by atoms with E-state index in [2.05, 4.69) is 11.6 Å². The molecule has 0 unspecified atom stereocenters. The number of aromatic nitrogens is 2. The molecule has 1 fully saturated rings. The SMILES string of the molecule is C=C1[C@@H](C)[C@@H](n2cc(C)c(=O)[nH]c2=O)O[C@@H]1CO. The summed E-state index contributed by atoms with van der Waals surface area (Å²) in [6.07, 6.45) is 0.455. The van der Waals surface area contributed by atoms with Crippen LogP contribution in [0.3, 0.4) is 0 Å². The van der Waals surface area contributed by atoms with Gasteiger partial charge < -0.3 is 9.84 Å². The first kappa shape index (κ1) is 12.8. The van der Waals surface area contributed by atoms with Gasteiger partial charge in [-0.25, -0.2) is 4.79 Å². The Morgan fingerprint density at radius 3 is 2.78 bits per heavy atom. The minimum Gasteiger partial charge on any atom is -0.393 e. The van der Waals surface area contributed by atoms with E-state index in [0.717, 1.165) is 5.57 Å². The summed E-state index contributed by atoms with van der Waals surface area (Å²) in [5.74, 6) is -0.106. The standard InChI is InChI=1S/C12H16N2O4/c1-6-4-14(12(17)13-10(6)16)11-8(3)7(2)9(5-15)18-11/h4,8-9,11,15H,2,5H2,1,3H3,(H,13,16,17)/t8-,9-,11+/m1/s1. The fourth-order valence-electron chi connectivity index (χ4n) is 2.09. The lowest BCUT2D eigenvalue weighted by molar-refractivity contribution is -0.0306. The summed E-state index contributed by atoms with van der Waals surface area (Å²) in [6.45, 7) is 7.18. The van der Waals surface area contributed by atoms with Crippen LogP contribution in [-0.4, -0.2) is 27.4 Å². The van der Waals surface area contributed by atoms with Gasteiger partial charge in [0.25, 0.3) is 5.56 Å². The Labute approximate surface area is 104 Å². The molecule has 2 heterocycles. The lowest BCUT2D eigenvalue weighted by Crippen LogP contribution is -2.34. The van der Waals surface area contributed by atoms with Crippen molar-refractivity contribution < 1.29 is 9.84 Å². The van der Waals surface area contributed by atoms with E-state index in [9.17, 15) is 9.59 Å². The molecule has 0 aliphatic carbocycles. The maximum atomic E-state index is 11.8. The largest absolute Gasteiger partial charge is 0.393 e. The molecule has 6 nitrogen and oxygen atoms in total. The van der Waals surface area contributed by atoms with Gasteiger partial charge in [0.15, 0.2) is 0 Å². The van der Waals surface area contributed by atoms with E-state index in [1.54, 1.807) is 6.92 Å². The highest BCUT2D eigenvalue weighted by atomic mass is 16.5. The number of aliphatic hydroxyl groups is 1. The second-order valence-corrected chi connectivity index (χ2v) is 4.54. The quantitative estimate of drug-likeness (QED) is 0.721. The van der Waals surface area contributed by atoms with Crippen molar-refractivity contribution >= 4 is 0 Å². The van der Waals surface area contributed by atoms with Crippen LogP contribution in [0.1, 0.15) is 18.7 Å². The van der Waals surface area contributed by atoms with Crippen LogP contribution in [0.5, 0.6) is 0 Å². The average molecular weight is 252 g/mol. The second kappa shape index (κ2) is 4.55. The zero-order valence-corrected chi connectivity index (χ0v) is 10.3. The number of H-pyrrole nitrogens is 1. The number of aryl methyl sites for hydroxylation is 1. The molecular formula is C12H16N2O4. The molecule has 1 aromatic heterocycles. The minimum atomic E-state index is -0.544. The van der Waals surface area contributed by atoms with Crippen molar-refractivity contribution in [2.75, 3.05) is 6.61 Å². The third-order valence-electron chi connectivity index (χ3n) is 3.32. The molecule has 1 aliphatic heterocycles. The van der Waals surface area contributed by atoms with E-state index < -0.39 is 23.6 Å². The number of aromatic amines is 1. The van der Waals surface area contributed by atoms with Crippen molar-refractivity contribution in [3.05, 3.63) is 44.8 Å². The molecule has 1 aliphatic rings. The summed E-state index contributed by atoms with van der Waals surface area (Å²) in [5.41, 5.74) is 0.259. The molecule has 2 rings (SSSR count). The van der Waals surface area contributed by atoms with Gasteiger partial charge in [-0.3, -0.25) is 14.3 Å². The highest BCUT2D eigenvalue weighted by Crippen LogP contribution is 2.36. The molecule has 1 aromatic rings. The molecule has 0 saturated carbocycles. The van der Waals surface area contributed by atoms with Crippen LogP contribution in [-0.2, 0) is 4.74 Å². The summed E-state index contributed by atoms with van der Waals surface area (Å²) >= 11 is 0. The first-order chi connectivity index (χ1) is 8.45. The number of hydrogen-bond donors (Lipinski definition) is 2. The monoisotopic (exact) mass is 252 g/mol. The zero-order valence-electron chi connectivity index (χ0n) is 10.3. The molecular weight excluding hydrogens is 236 g/mol. The lowest BCUT2D eigenvalue weighted by atomic mass is 10.0. The van der Waals surface area contributed by atoms with Gasteiger partial charge >= 0.3 is 5.69 Å². The molecule has 1 saturated heterocycles. The number of hydrogen-bond acceptors (Lipinski definition) is 4. The molecule has 6 heteroatoms. The van der Waals surface area contributed by atoms with E-state index >= 15 is 0 Å². The van der Waals surface area contributed by atoms with Crippen molar-refractivity contribution in [3.63, 3.8) is 0 Å². The van der Waals surface area contributed by atoms with Gasteiger partial charge in [-0.1, -0.05) is 13.5 Å². The molecule has 0 aromatic carbocycles. The maximum absolute atomic E-state index is 11.8. The summed E-state index contributed by atoms with van der Waals surface area (Å²) in [4.78, 5) is 25.3. The van der Waals surface area contributed by atoms with Gasteiger partial charge in [0.2, 0.25) is 0 Å². The number of rotatable bonds is 2. The van der Waals surface area contributed by atoms with Gasteiger partial charge in [0.05, 0.1) is 6.61 Å². The molecule has 0 radical (unpaired) electrons. The highest BCUT2D eigenvalue weighted by molar-refractivity contribution is 5.14. The Balaban J connectivity index is 2.45. The Bertz CT molecular complexity index is 586. The summed E-state index contributed by atoms with van der Waals surface area (Å²) < 4.78 is 6.92. The van der Waals surface area contributed by atoms with Crippen LogP contribution in [0.15, 0.2) is 27.9 Å². The van der Waals surface area contributed by atoms with Crippen LogP contribution in [0.4, 0.5) is 0 Å². The van der Waals surface area contributed by atoms with E-state index in [-0.39, 0.29) is 12.5 Å². The van der Waals surface area contributed by atoms with Crippen molar-refractivity contribution in [1.29, 1.82) is 0 Å². The first-order valence-corrected chi connectivity index (χ1v) is 5.72. The Kier molecular flexibility index (Phi) is 3.23. The van der Waals surface area contributed by atoms with Crippen LogP contribution in [0, 0.1) is 12.8 Å². The number of ether oxygens (including phenoxy) is 1. The summed E-state index contributed by atoms with van der Waals surface area (Å²) in [7, 11) is 0. The maximum Gasteiger partial charge on any atom is 0.330 e. The average Bonchev–Trinajstić information content (AvgIpc) is 2.61. The Morgan fingerprint density at radius 2 is 2.22 bits per heavy atom. The van der Waals surface area contributed by atoms with E-state index in [1.807, 2.05) is 6.92 Å². The molecule has 0 bridgehead atoms. The molecule has 0 spiro atoms. The molecule has 0 amide bonds. The smallest absolute Gasteiger partial charge is 0.330 e. The third-order valence-corrected chi connectivity index (χ3v) is 3.32. The van der Waals surface area contributed by atoms with Gasteiger partial charge in [-0.05, 0) is 12.5 Å². The predicted octanol–water partition coefficient (Wildman–Crippen LogP) is -0.0730. The first-order valence-electron chi connectivity index (χ1n) is 5.72. The summed E-state index contributed by atoms with van der Waals surface area (Å²) in [5, 5.41) is 9.16. The topological polar surface area (TPSA) is 84.3 Å². The van der Waals surface area contributed by atoms with Crippen LogP contribution in [0.25, 0.3) is 0 Å². The normalized spacial score (nSPS) is 27.7. The molecule has 98 valence electrons. The van der Waals surface area contributed by atoms with Crippen molar-refractivity contribution in [1.82, 2.24) is 9.55 Å². The van der Waals surface area contributed by atoms with Crippen LogP contribution < -0.4 is 11.2 Å². The molecule has 3 atom stereocenters. The highest BCUT2D eigenvalue weighted by Gasteiger charge is 2.37. The second-order valence-electron chi connectivity index (χ2n) is 4.54. The fraction of sp³-hybridized carbons (Fsp3) is 0.500. The van der Waals surface area contributed by atoms with Gasteiger partial charge in [-0.15, -0.1) is 0 Å². The van der Waals surface area contributed by atoms with Gasteiger partial charge in [-0.2, -0.15) is 0 Å². The third kappa shape index (κ3) is 1.93. The van der Waals surface area contributed by atoms with Crippen LogP contribution in [0.2, 0.25) is 0 Å². The van der Waals surface area contributed by atoms with Crippen molar-refractivity contribution in [2.45, 2.75) is 26.2 Å². The van der Waals surface area contributed by atoms with Crippen molar-refractivity contribution in [2.24, 2.45) is 5.92 Å². The zero-order chi connectivity index (χ0) is 13.4. The van der Waals surface area contributed by atoms with E-state index in [1.165, 1.54) is 10.8 Å². The Morgan fingerprint density at radius 1 is 1.56 bits per heavy atom. The predicted molar refractivity (Wildman–Crippen MR) is 65.4 cm³/mol. The molecule has 2 N–H and O–H groups in total. The number of nitrogens with zero attached hydrogens (tertiary/aromatic N) is 1. The van der Waals surface area contributed by atoms with Gasteiger partial charge in [0.1, 0.15) is 12.3 Å². The molecule has 18 heavy (non-hydrogen) atoms. The minimum absolute atomic E-state index is 0.106. The van der Waals surface area contributed by atoms with Crippen LogP contribution >= 0.6 is 0 Å². The lowest BCUT2D eigenvalue weighted by Gasteiger charge is -2.17.